The molecule has 0 saturated heterocycles. The number of benzene rings is 1. The van der Waals surface area contributed by atoms with E-state index < -0.39 is 5.97 Å². The number of nitrogen functional groups attached to an aromatic ring is 1. The summed E-state index contributed by atoms with van der Waals surface area (Å²) >= 11 is 0. The monoisotopic (exact) mass is 280 g/mol. The summed E-state index contributed by atoms with van der Waals surface area (Å²) in [6.45, 7) is 4.64. The Morgan fingerprint density at radius 2 is 1.90 bits per heavy atom. The molecule has 110 valence electrons. The molecule has 20 heavy (non-hydrogen) atoms. The molecule has 0 bridgehead atoms. The van der Waals surface area contributed by atoms with Crippen LogP contribution >= 0.6 is 0 Å². The Hall–Kier alpha value is -2.24. The third kappa shape index (κ3) is 3.88. The highest BCUT2D eigenvalue weighted by molar-refractivity contribution is 5.92. The van der Waals surface area contributed by atoms with Crippen LogP contribution in [0.1, 0.15) is 24.2 Å². The lowest BCUT2D eigenvalue weighted by Crippen LogP contribution is -2.34. The van der Waals surface area contributed by atoms with Gasteiger partial charge in [-0.3, -0.25) is 4.79 Å². The van der Waals surface area contributed by atoms with Crippen molar-refractivity contribution in [3.8, 4) is 5.75 Å². The molecule has 1 aromatic rings. The van der Waals surface area contributed by atoms with Crippen LogP contribution in [0.2, 0.25) is 0 Å². The van der Waals surface area contributed by atoms with Gasteiger partial charge >= 0.3 is 5.97 Å². The van der Waals surface area contributed by atoms with E-state index in [-0.39, 0.29) is 12.5 Å². The predicted molar refractivity (Wildman–Crippen MR) is 75.6 cm³/mol. The first-order valence-electron chi connectivity index (χ1n) is 6.41. The van der Waals surface area contributed by atoms with Crippen molar-refractivity contribution in [1.29, 1.82) is 0 Å². The van der Waals surface area contributed by atoms with Gasteiger partial charge in [0.2, 0.25) is 0 Å². The minimum Gasteiger partial charge on any atom is -0.495 e. The lowest BCUT2D eigenvalue weighted by atomic mass is 10.2. The zero-order valence-electron chi connectivity index (χ0n) is 12.0. The minimum absolute atomic E-state index is 0.217. The number of nitrogens with zero attached hydrogens (tertiary/aromatic N) is 1. The summed E-state index contributed by atoms with van der Waals surface area (Å²) in [4.78, 5) is 25.2. The van der Waals surface area contributed by atoms with Crippen LogP contribution in [0.15, 0.2) is 18.2 Å². The highest BCUT2D eigenvalue weighted by Gasteiger charge is 2.15. The maximum atomic E-state index is 11.8. The lowest BCUT2D eigenvalue weighted by molar-refractivity contribution is -0.134. The first-order valence-corrected chi connectivity index (χ1v) is 6.41. The molecule has 0 saturated carbocycles. The molecule has 0 atom stereocenters. The fourth-order valence-corrected chi connectivity index (χ4v) is 1.72. The number of rotatable bonds is 6. The van der Waals surface area contributed by atoms with Crippen molar-refractivity contribution in [3.05, 3.63) is 23.8 Å². The Bertz CT molecular complexity index is 484. The number of amides is 1. The van der Waals surface area contributed by atoms with Crippen molar-refractivity contribution in [2.75, 3.05) is 32.5 Å². The van der Waals surface area contributed by atoms with Crippen LogP contribution in [0.5, 0.6) is 5.75 Å². The fourth-order valence-electron chi connectivity index (χ4n) is 1.72. The third-order valence-corrected chi connectivity index (χ3v) is 2.91. The number of ether oxygens (including phenoxy) is 2. The Morgan fingerprint density at radius 3 is 2.45 bits per heavy atom. The van der Waals surface area contributed by atoms with Crippen molar-refractivity contribution >= 4 is 17.6 Å². The Labute approximate surface area is 118 Å². The van der Waals surface area contributed by atoms with E-state index in [4.69, 9.17) is 15.2 Å². The molecule has 0 aliphatic rings. The largest absolute Gasteiger partial charge is 0.495 e. The number of hydrogen-bond acceptors (Lipinski definition) is 5. The van der Waals surface area contributed by atoms with Gasteiger partial charge in [-0.05, 0) is 32.0 Å². The molecule has 0 aromatic heterocycles. The summed E-state index contributed by atoms with van der Waals surface area (Å²) < 4.78 is 10.0. The zero-order chi connectivity index (χ0) is 15.1. The smallest absolute Gasteiger partial charge is 0.338 e. The van der Waals surface area contributed by atoms with Crippen molar-refractivity contribution in [1.82, 2.24) is 4.90 Å². The summed E-state index contributed by atoms with van der Waals surface area (Å²) in [6, 6.07) is 4.57. The standard InChI is InChI=1S/C14H20N2O4/c1-4-16(5-2)13(17)9-20-14(18)10-6-7-11(15)12(8-10)19-3/h6-8H,4-5,9,15H2,1-3H3. The number of carbonyl (C=O) groups excluding carboxylic acids is 2. The molecule has 1 amide bonds. The van der Waals surface area contributed by atoms with Crippen molar-refractivity contribution in [3.63, 3.8) is 0 Å². The van der Waals surface area contributed by atoms with Crippen LogP contribution in [0, 0.1) is 0 Å². The second kappa shape index (κ2) is 7.37. The van der Waals surface area contributed by atoms with Gasteiger partial charge in [0.15, 0.2) is 6.61 Å². The zero-order valence-corrected chi connectivity index (χ0v) is 12.0. The molecule has 1 rings (SSSR count). The average Bonchev–Trinajstić information content (AvgIpc) is 2.46. The van der Waals surface area contributed by atoms with Gasteiger partial charge in [-0.15, -0.1) is 0 Å². The van der Waals surface area contributed by atoms with Gasteiger partial charge in [-0.1, -0.05) is 0 Å². The molecule has 2 N–H and O–H groups in total. The third-order valence-electron chi connectivity index (χ3n) is 2.91. The minimum atomic E-state index is -0.580. The van der Waals surface area contributed by atoms with E-state index in [1.54, 1.807) is 11.0 Å². The molecule has 0 aliphatic carbocycles. The average molecular weight is 280 g/mol. The van der Waals surface area contributed by atoms with Gasteiger partial charge in [0.05, 0.1) is 18.4 Å². The normalized spacial score (nSPS) is 9.95. The second-order valence-electron chi connectivity index (χ2n) is 4.10. The maximum absolute atomic E-state index is 11.8. The highest BCUT2D eigenvalue weighted by Crippen LogP contribution is 2.22. The number of nitrogens with two attached hydrogens (primary N) is 1. The van der Waals surface area contributed by atoms with E-state index in [1.165, 1.54) is 19.2 Å². The van der Waals surface area contributed by atoms with E-state index in [0.29, 0.717) is 30.1 Å². The van der Waals surface area contributed by atoms with Crippen LogP contribution < -0.4 is 10.5 Å². The maximum Gasteiger partial charge on any atom is 0.338 e. The number of likely N-dealkylation sites (N-methyl/N-ethyl adjacent to an activating group) is 1. The first kappa shape index (κ1) is 15.8. The van der Waals surface area contributed by atoms with Crippen LogP contribution in [-0.2, 0) is 9.53 Å². The van der Waals surface area contributed by atoms with Crippen LogP contribution in [-0.4, -0.2) is 43.6 Å². The van der Waals surface area contributed by atoms with E-state index >= 15 is 0 Å². The van der Waals surface area contributed by atoms with Gasteiger partial charge < -0.3 is 20.1 Å². The molecule has 6 heteroatoms. The lowest BCUT2D eigenvalue weighted by Gasteiger charge is -2.18. The Morgan fingerprint density at radius 1 is 1.25 bits per heavy atom. The van der Waals surface area contributed by atoms with E-state index in [9.17, 15) is 9.59 Å². The van der Waals surface area contributed by atoms with Crippen LogP contribution in [0.4, 0.5) is 5.69 Å². The van der Waals surface area contributed by atoms with E-state index in [1.807, 2.05) is 13.8 Å². The number of carbonyl (C=O) groups is 2. The van der Waals surface area contributed by atoms with Gasteiger partial charge in [0.25, 0.3) is 5.91 Å². The predicted octanol–water partition coefficient (Wildman–Crippen LogP) is 1.30. The van der Waals surface area contributed by atoms with Gasteiger partial charge in [0, 0.05) is 13.1 Å². The van der Waals surface area contributed by atoms with Gasteiger partial charge in [0.1, 0.15) is 5.75 Å². The quantitative estimate of drug-likeness (QED) is 0.627. The fraction of sp³-hybridized carbons (Fsp3) is 0.429. The Kier molecular flexibility index (Phi) is 5.83. The number of esters is 1. The van der Waals surface area contributed by atoms with Gasteiger partial charge in [-0.25, -0.2) is 4.79 Å². The van der Waals surface area contributed by atoms with E-state index in [2.05, 4.69) is 0 Å². The van der Waals surface area contributed by atoms with Crippen LogP contribution in [0.25, 0.3) is 0 Å². The molecule has 1 aromatic carbocycles. The number of methoxy groups -OCH3 is 1. The molecule has 0 aliphatic heterocycles. The summed E-state index contributed by atoms with van der Waals surface area (Å²) in [5, 5.41) is 0. The summed E-state index contributed by atoms with van der Waals surface area (Å²) in [7, 11) is 1.46. The van der Waals surface area contributed by atoms with Crippen molar-refractivity contribution in [2.45, 2.75) is 13.8 Å². The first-order chi connectivity index (χ1) is 9.53. The molecule has 0 unspecified atom stereocenters. The second-order valence-corrected chi connectivity index (χ2v) is 4.10. The summed E-state index contributed by atoms with van der Waals surface area (Å²) in [6.07, 6.45) is 0. The molecule has 0 fully saturated rings. The molecule has 0 heterocycles. The Balaban J connectivity index is 2.65. The van der Waals surface area contributed by atoms with Gasteiger partial charge in [-0.2, -0.15) is 0 Å². The van der Waals surface area contributed by atoms with Crippen molar-refractivity contribution < 1.29 is 19.1 Å². The molecule has 0 radical (unpaired) electrons. The number of hydrogen-bond donors (Lipinski definition) is 1. The summed E-state index contributed by atoms with van der Waals surface area (Å²) in [5.41, 5.74) is 6.39. The SMILES string of the molecule is CCN(CC)C(=O)COC(=O)c1ccc(N)c(OC)c1. The molecule has 0 spiro atoms. The molecule has 6 nitrogen and oxygen atoms in total. The van der Waals surface area contributed by atoms with Crippen molar-refractivity contribution in [2.24, 2.45) is 0 Å². The molecular weight excluding hydrogens is 260 g/mol. The van der Waals surface area contributed by atoms with E-state index in [0.717, 1.165) is 0 Å². The number of anilines is 1. The molecular formula is C14H20N2O4. The topological polar surface area (TPSA) is 81.9 Å². The van der Waals surface area contributed by atoms with Crippen LogP contribution in [0.3, 0.4) is 0 Å². The summed E-state index contributed by atoms with van der Waals surface area (Å²) in [5.74, 6) is -0.399. The highest BCUT2D eigenvalue weighted by atomic mass is 16.5.